The molecule has 0 spiro atoms. The predicted molar refractivity (Wildman–Crippen MR) is 70.9 cm³/mol. The molecule has 2 nitrogen and oxygen atoms in total. The monoisotopic (exact) mass is 243 g/mol. The summed E-state index contributed by atoms with van der Waals surface area (Å²) < 4.78 is 0. The van der Waals surface area contributed by atoms with E-state index in [2.05, 4.69) is 30.5 Å². The first-order valence-corrected chi connectivity index (χ1v) is 7.70. The van der Waals surface area contributed by atoms with E-state index in [4.69, 9.17) is 0 Å². The summed E-state index contributed by atoms with van der Waals surface area (Å²) in [4.78, 5) is 2.55. The van der Waals surface area contributed by atoms with Gasteiger partial charge in [-0.15, -0.1) is 0 Å². The van der Waals surface area contributed by atoms with Gasteiger partial charge in [0.15, 0.2) is 0 Å². The highest BCUT2D eigenvalue weighted by Gasteiger charge is 2.34. The molecule has 2 unspecified atom stereocenters. The lowest BCUT2D eigenvalue weighted by atomic mass is 9.71. The summed E-state index contributed by atoms with van der Waals surface area (Å²) in [5.74, 6) is 3.05. The summed E-state index contributed by atoms with van der Waals surface area (Å²) >= 11 is 2.06. The molecular formula is C13H25NOS. The van der Waals surface area contributed by atoms with Crippen LogP contribution in [0.5, 0.6) is 0 Å². The van der Waals surface area contributed by atoms with Gasteiger partial charge in [-0.25, -0.2) is 0 Å². The molecule has 1 N–H and O–H groups in total. The van der Waals surface area contributed by atoms with Crippen molar-refractivity contribution in [2.45, 2.75) is 39.2 Å². The van der Waals surface area contributed by atoms with Crippen molar-refractivity contribution in [3.8, 4) is 0 Å². The van der Waals surface area contributed by atoms with Crippen LogP contribution < -0.4 is 0 Å². The van der Waals surface area contributed by atoms with Crippen LogP contribution in [0.15, 0.2) is 0 Å². The molecule has 1 saturated carbocycles. The molecule has 2 rings (SSSR count). The van der Waals surface area contributed by atoms with E-state index in [9.17, 15) is 5.11 Å². The zero-order chi connectivity index (χ0) is 11.6. The number of hydrogen-bond acceptors (Lipinski definition) is 3. The van der Waals surface area contributed by atoms with Gasteiger partial charge in [-0.05, 0) is 30.6 Å². The molecule has 0 radical (unpaired) electrons. The van der Waals surface area contributed by atoms with Gasteiger partial charge in [0.1, 0.15) is 0 Å². The second-order valence-corrected chi connectivity index (χ2v) is 7.37. The topological polar surface area (TPSA) is 23.5 Å². The van der Waals surface area contributed by atoms with Crippen molar-refractivity contribution in [1.82, 2.24) is 4.90 Å². The fourth-order valence-corrected chi connectivity index (χ4v) is 4.00. The van der Waals surface area contributed by atoms with E-state index in [-0.39, 0.29) is 6.10 Å². The fourth-order valence-electron chi connectivity index (χ4n) is 3.02. The van der Waals surface area contributed by atoms with Crippen molar-refractivity contribution in [3.05, 3.63) is 0 Å². The van der Waals surface area contributed by atoms with Crippen LogP contribution in [-0.2, 0) is 0 Å². The van der Waals surface area contributed by atoms with E-state index >= 15 is 0 Å². The summed E-state index contributed by atoms with van der Waals surface area (Å²) in [5, 5.41) is 10.1. The van der Waals surface area contributed by atoms with Crippen molar-refractivity contribution < 1.29 is 5.11 Å². The fraction of sp³-hybridized carbons (Fsp3) is 1.00. The number of nitrogens with zero attached hydrogens (tertiary/aromatic N) is 1. The van der Waals surface area contributed by atoms with Gasteiger partial charge in [0.2, 0.25) is 0 Å². The smallest absolute Gasteiger partial charge is 0.0581 e. The van der Waals surface area contributed by atoms with Crippen LogP contribution in [0.3, 0.4) is 0 Å². The van der Waals surface area contributed by atoms with Crippen LogP contribution in [0.2, 0.25) is 0 Å². The zero-order valence-corrected chi connectivity index (χ0v) is 11.4. The van der Waals surface area contributed by atoms with Crippen LogP contribution >= 0.6 is 11.8 Å². The predicted octanol–water partition coefficient (Wildman–Crippen LogP) is 2.22. The second kappa shape index (κ2) is 5.28. The Morgan fingerprint density at radius 3 is 2.69 bits per heavy atom. The van der Waals surface area contributed by atoms with E-state index < -0.39 is 0 Å². The van der Waals surface area contributed by atoms with Crippen molar-refractivity contribution in [1.29, 1.82) is 0 Å². The van der Waals surface area contributed by atoms with E-state index in [1.807, 2.05) is 0 Å². The van der Waals surface area contributed by atoms with E-state index in [0.717, 1.165) is 13.0 Å². The summed E-state index contributed by atoms with van der Waals surface area (Å²) in [6, 6.07) is 0. The lowest BCUT2D eigenvalue weighted by molar-refractivity contribution is 0.00558. The molecule has 0 aromatic heterocycles. The van der Waals surface area contributed by atoms with Gasteiger partial charge in [-0.2, -0.15) is 11.8 Å². The average Bonchev–Trinajstić information content (AvgIpc) is 2.25. The van der Waals surface area contributed by atoms with Gasteiger partial charge in [0, 0.05) is 31.1 Å². The molecule has 1 aliphatic heterocycles. The Hall–Kier alpha value is 0.270. The molecule has 94 valence electrons. The number of aliphatic hydroxyl groups excluding tert-OH is 1. The summed E-state index contributed by atoms with van der Waals surface area (Å²) in [7, 11) is 0. The number of hydrogen-bond donors (Lipinski definition) is 1. The quantitative estimate of drug-likeness (QED) is 0.804. The van der Waals surface area contributed by atoms with Gasteiger partial charge >= 0.3 is 0 Å². The highest BCUT2D eigenvalue weighted by atomic mass is 32.2. The summed E-state index contributed by atoms with van der Waals surface area (Å²) in [6.07, 6.45) is 3.32. The molecule has 1 aliphatic carbocycles. The molecule has 1 saturated heterocycles. The van der Waals surface area contributed by atoms with Crippen LogP contribution in [0.25, 0.3) is 0 Å². The van der Waals surface area contributed by atoms with E-state index in [0.29, 0.717) is 11.3 Å². The Labute approximate surface area is 104 Å². The van der Waals surface area contributed by atoms with Crippen molar-refractivity contribution >= 4 is 11.8 Å². The Morgan fingerprint density at radius 2 is 2.00 bits per heavy atom. The first kappa shape index (κ1) is 12.7. The second-order valence-electron chi connectivity index (χ2n) is 6.15. The number of thioether (sulfide) groups is 1. The molecule has 0 bridgehead atoms. The SMILES string of the molecule is CC1(C)CCC(O)C(CN2CCSCC2)C1. The van der Waals surface area contributed by atoms with Crippen molar-refractivity contribution in [3.63, 3.8) is 0 Å². The minimum absolute atomic E-state index is 0.0531. The highest BCUT2D eigenvalue weighted by Crippen LogP contribution is 2.39. The normalized spacial score (nSPS) is 36.2. The Bertz CT molecular complexity index is 226. The molecular weight excluding hydrogens is 218 g/mol. The maximum Gasteiger partial charge on any atom is 0.0581 e. The molecule has 2 atom stereocenters. The maximum atomic E-state index is 10.1. The lowest BCUT2D eigenvalue weighted by Crippen LogP contribution is -2.43. The largest absolute Gasteiger partial charge is 0.393 e. The minimum Gasteiger partial charge on any atom is -0.393 e. The van der Waals surface area contributed by atoms with Crippen molar-refractivity contribution in [2.75, 3.05) is 31.1 Å². The highest BCUT2D eigenvalue weighted by molar-refractivity contribution is 7.99. The molecule has 2 aliphatic rings. The molecule has 16 heavy (non-hydrogen) atoms. The van der Waals surface area contributed by atoms with Gasteiger partial charge in [0.25, 0.3) is 0 Å². The molecule has 0 aromatic rings. The number of aliphatic hydroxyl groups is 1. The molecule has 3 heteroatoms. The van der Waals surface area contributed by atoms with Gasteiger partial charge < -0.3 is 10.0 Å². The third-order valence-corrected chi connectivity index (χ3v) is 5.01. The maximum absolute atomic E-state index is 10.1. The standard InChI is InChI=1S/C13H25NOS/c1-13(2)4-3-12(15)11(9-13)10-14-5-7-16-8-6-14/h11-12,15H,3-10H2,1-2H3. The Kier molecular flexibility index (Phi) is 4.20. The Morgan fingerprint density at radius 1 is 1.31 bits per heavy atom. The molecule has 2 fully saturated rings. The van der Waals surface area contributed by atoms with E-state index in [1.54, 1.807) is 0 Å². The zero-order valence-electron chi connectivity index (χ0n) is 10.6. The first-order valence-electron chi connectivity index (χ1n) is 6.55. The van der Waals surface area contributed by atoms with Crippen LogP contribution in [0.1, 0.15) is 33.1 Å². The Balaban J connectivity index is 1.86. The first-order chi connectivity index (χ1) is 7.57. The molecule has 0 amide bonds. The minimum atomic E-state index is -0.0531. The van der Waals surface area contributed by atoms with Crippen LogP contribution in [0.4, 0.5) is 0 Å². The molecule has 0 aromatic carbocycles. The van der Waals surface area contributed by atoms with Crippen LogP contribution in [0, 0.1) is 11.3 Å². The van der Waals surface area contributed by atoms with Crippen LogP contribution in [-0.4, -0.2) is 47.3 Å². The molecule has 1 heterocycles. The number of rotatable bonds is 2. The average molecular weight is 243 g/mol. The van der Waals surface area contributed by atoms with Gasteiger partial charge in [0.05, 0.1) is 6.10 Å². The third-order valence-electron chi connectivity index (χ3n) is 4.07. The van der Waals surface area contributed by atoms with E-state index in [1.165, 1.54) is 37.4 Å². The third kappa shape index (κ3) is 3.38. The summed E-state index contributed by atoms with van der Waals surface area (Å²) in [6.45, 7) is 8.24. The van der Waals surface area contributed by atoms with Gasteiger partial charge in [-0.3, -0.25) is 0 Å². The van der Waals surface area contributed by atoms with Gasteiger partial charge in [-0.1, -0.05) is 13.8 Å². The van der Waals surface area contributed by atoms with Crippen molar-refractivity contribution in [2.24, 2.45) is 11.3 Å². The lowest BCUT2D eigenvalue weighted by Gasteiger charge is -2.41. The summed E-state index contributed by atoms with van der Waals surface area (Å²) in [5.41, 5.74) is 0.439.